The Morgan fingerprint density at radius 2 is 2.08 bits per heavy atom. The van der Waals surface area contributed by atoms with Crippen molar-refractivity contribution < 1.29 is 0 Å². The average molecular weight is 271 g/mol. The molecule has 0 bridgehead atoms. The first-order valence-electron chi connectivity index (χ1n) is 3.30. The zero-order chi connectivity index (χ0) is 8.81. The van der Waals surface area contributed by atoms with Crippen molar-refractivity contribution >= 4 is 26.2 Å². The predicted octanol–water partition coefficient (Wildman–Crippen LogP) is 3.73. The maximum atomic E-state index is 8.07. The molecule has 60 valence electrons. The molecular weight excluding hydrogens is 265 g/mol. The van der Waals surface area contributed by atoms with Crippen molar-refractivity contribution in [3.63, 3.8) is 0 Å². The summed E-state index contributed by atoms with van der Waals surface area (Å²) in [7, 11) is 0. The molecule has 0 saturated heterocycles. The van der Waals surface area contributed by atoms with Gasteiger partial charge >= 0.3 is 0 Å². The summed E-state index contributed by atoms with van der Waals surface area (Å²) in [4.78, 5) is 2.64. The quantitative estimate of drug-likeness (QED) is 0.340. The number of hydrogen-bond acceptors (Lipinski definition) is 1. The molecule has 0 spiro atoms. The van der Waals surface area contributed by atoms with Gasteiger partial charge in [-0.15, -0.1) is 0 Å². The third kappa shape index (κ3) is 2.56. The van der Waals surface area contributed by atoms with Crippen molar-refractivity contribution in [3.8, 4) is 0 Å². The zero-order valence-corrected chi connectivity index (χ0v) is 8.34. The first-order chi connectivity index (χ1) is 5.84. The summed E-state index contributed by atoms with van der Waals surface area (Å²) in [6, 6.07) is 9.76. The van der Waals surface area contributed by atoms with Gasteiger partial charge in [0.2, 0.25) is 0 Å². The van der Waals surface area contributed by atoms with Gasteiger partial charge in [0, 0.05) is 14.7 Å². The van der Waals surface area contributed by atoms with E-state index in [4.69, 9.17) is 5.53 Å². The predicted molar refractivity (Wildman–Crippen MR) is 57.6 cm³/mol. The number of hydrogen-bond donors (Lipinski definition) is 0. The summed E-state index contributed by atoms with van der Waals surface area (Å²) < 4.78 is 0.936. The maximum absolute atomic E-state index is 8.07. The normalized spacial score (nSPS) is 10.6. The van der Waals surface area contributed by atoms with Crippen LogP contribution >= 0.6 is 22.6 Å². The van der Waals surface area contributed by atoms with Crippen molar-refractivity contribution in [2.75, 3.05) is 0 Å². The van der Waals surface area contributed by atoms with E-state index in [1.807, 2.05) is 30.3 Å². The van der Waals surface area contributed by atoms with Gasteiger partial charge in [-0.2, -0.15) is 0 Å². The molecule has 0 atom stereocenters. The molecule has 0 aromatic heterocycles. The molecule has 0 heterocycles. The largest absolute Gasteiger partial charge is 0.0675 e. The minimum Gasteiger partial charge on any atom is -0.0675 e. The van der Waals surface area contributed by atoms with Gasteiger partial charge in [0.1, 0.15) is 0 Å². The third-order valence-electron chi connectivity index (χ3n) is 1.27. The Hall–Kier alpha value is -1.00. The van der Waals surface area contributed by atoms with Crippen LogP contribution in [0.5, 0.6) is 0 Å². The number of rotatable bonds is 2. The summed E-state index contributed by atoms with van der Waals surface area (Å²) in [6.45, 7) is 0. The second kappa shape index (κ2) is 4.79. The molecular formula is C8H6IN3. The first kappa shape index (κ1) is 9.09. The van der Waals surface area contributed by atoms with Gasteiger partial charge in [-0.1, -0.05) is 35.4 Å². The fraction of sp³-hybridized carbons (Fsp3) is 0. The van der Waals surface area contributed by atoms with Crippen LogP contribution in [0.3, 0.4) is 0 Å². The van der Waals surface area contributed by atoms with Crippen LogP contribution in [0.15, 0.2) is 41.6 Å². The minimum absolute atomic E-state index is 0.936. The monoisotopic (exact) mass is 271 g/mol. The van der Waals surface area contributed by atoms with Crippen molar-refractivity contribution in [2.45, 2.75) is 0 Å². The van der Waals surface area contributed by atoms with Gasteiger partial charge in [0.15, 0.2) is 0 Å². The lowest BCUT2D eigenvalue weighted by Crippen LogP contribution is -1.72. The lowest BCUT2D eigenvalue weighted by molar-refractivity contribution is 1.52. The Kier molecular flexibility index (Phi) is 3.63. The molecule has 0 aliphatic rings. The highest BCUT2D eigenvalue weighted by Gasteiger charge is 1.92. The van der Waals surface area contributed by atoms with Crippen LogP contribution in [0.2, 0.25) is 0 Å². The van der Waals surface area contributed by atoms with E-state index in [2.05, 4.69) is 32.6 Å². The lowest BCUT2D eigenvalue weighted by Gasteiger charge is -1.95. The lowest BCUT2D eigenvalue weighted by atomic mass is 10.2. The molecule has 0 aliphatic heterocycles. The average Bonchev–Trinajstić information content (AvgIpc) is 2.15. The number of benzene rings is 1. The topological polar surface area (TPSA) is 48.8 Å². The molecule has 1 aromatic carbocycles. The molecule has 3 nitrogen and oxygen atoms in total. The Morgan fingerprint density at radius 3 is 2.67 bits per heavy atom. The minimum atomic E-state index is 0.936. The van der Waals surface area contributed by atoms with E-state index >= 15 is 0 Å². The van der Waals surface area contributed by atoms with Crippen molar-refractivity contribution in [1.29, 1.82) is 0 Å². The van der Waals surface area contributed by atoms with E-state index in [1.54, 1.807) is 0 Å². The maximum Gasteiger partial charge on any atom is 0.0225 e. The van der Waals surface area contributed by atoms with Gasteiger partial charge < -0.3 is 0 Å². The van der Waals surface area contributed by atoms with Crippen LogP contribution in [0.4, 0.5) is 0 Å². The van der Waals surface area contributed by atoms with Crippen LogP contribution in [0.1, 0.15) is 5.56 Å². The van der Waals surface area contributed by atoms with Crippen LogP contribution in [0.25, 0.3) is 14.0 Å². The summed E-state index contributed by atoms with van der Waals surface area (Å²) in [5.41, 5.74) is 9.13. The van der Waals surface area contributed by atoms with Crippen LogP contribution in [-0.2, 0) is 0 Å². The van der Waals surface area contributed by atoms with Gasteiger partial charge in [0.05, 0.1) is 0 Å². The standard InChI is InChI=1S/C8H6IN3/c9-8(6-11-12-10)7-4-2-1-3-5-7/h1-6H/b8-6-. The first-order valence-corrected chi connectivity index (χ1v) is 4.38. The molecule has 4 heteroatoms. The fourth-order valence-corrected chi connectivity index (χ4v) is 1.23. The second-order valence-corrected chi connectivity index (χ2v) is 3.21. The molecule has 0 saturated carbocycles. The molecule has 0 amide bonds. The summed E-state index contributed by atoms with van der Waals surface area (Å²) in [6.07, 6.45) is 1.50. The number of azide groups is 1. The highest BCUT2D eigenvalue weighted by molar-refractivity contribution is 14.1. The SMILES string of the molecule is [N-]=[N+]=N/C=C(\I)c1ccccc1. The molecule has 0 N–H and O–H groups in total. The molecule has 0 aliphatic carbocycles. The second-order valence-electron chi connectivity index (χ2n) is 2.05. The molecule has 12 heavy (non-hydrogen) atoms. The van der Waals surface area contributed by atoms with E-state index in [1.165, 1.54) is 6.20 Å². The fourth-order valence-electron chi connectivity index (χ4n) is 0.748. The van der Waals surface area contributed by atoms with Crippen LogP contribution in [0, 0.1) is 0 Å². The van der Waals surface area contributed by atoms with E-state index in [9.17, 15) is 0 Å². The number of halogens is 1. The third-order valence-corrected chi connectivity index (χ3v) is 2.17. The Balaban J connectivity index is 2.92. The van der Waals surface area contributed by atoms with Crippen molar-refractivity contribution in [1.82, 2.24) is 0 Å². The van der Waals surface area contributed by atoms with Gasteiger partial charge in [-0.25, -0.2) is 0 Å². The Labute approximate surface area is 83.9 Å². The van der Waals surface area contributed by atoms with Gasteiger partial charge in [-0.3, -0.25) is 0 Å². The zero-order valence-electron chi connectivity index (χ0n) is 6.18. The van der Waals surface area contributed by atoms with Gasteiger partial charge in [0.25, 0.3) is 0 Å². The Bertz CT molecular complexity index is 325. The molecule has 0 radical (unpaired) electrons. The molecule has 0 unspecified atom stereocenters. The smallest absolute Gasteiger partial charge is 0.0225 e. The summed E-state index contributed by atoms with van der Waals surface area (Å²) >= 11 is 2.13. The molecule has 1 aromatic rings. The van der Waals surface area contributed by atoms with Crippen LogP contribution < -0.4 is 0 Å². The van der Waals surface area contributed by atoms with Crippen molar-refractivity contribution in [2.24, 2.45) is 5.11 Å². The number of nitrogens with zero attached hydrogens (tertiary/aromatic N) is 3. The van der Waals surface area contributed by atoms with E-state index < -0.39 is 0 Å². The summed E-state index contributed by atoms with van der Waals surface area (Å²) in [5.74, 6) is 0. The van der Waals surface area contributed by atoms with Crippen molar-refractivity contribution in [3.05, 3.63) is 52.5 Å². The van der Waals surface area contributed by atoms with E-state index in [-0.39, 0.29) is 0 Å². The Morgan fingerprint density at radius 1 is 1.42 bits per heavy atom. The van der Waals surface area contributed by atoms with Crippen LogP contribution in [-0.4, -0.2) is 0 Å². The highest BCUT2D eigenvalue weighted by Crippen LogP contribution is 2.20. The summed E-state index contributed by atoms with van der Waals surface area (Å²) in [5, 5.41) is 3.36. The van der Waals surface area contributed by atoms with Gasteiger partial charge in [-0.05, 0) is 33.7 Å². The van der Waals surface area contributed by atoms with E-state index in [0.29, 0.717) is 0 Å². The molecule has 0 fully saturated rings. The highest BCUT2D eigenvalue weighted by atomic mass is 127. The van der Waals surface area contributed by atoms with E-state index in [0.717, 1.165) is 9.14 Å². The molecule has 1 rings (SSSR count).